The van der Waals surface area contributed by atoms with Gasteiger partial charge >= 0.3 is 28.4 Å². The maximum atomic E-state index is 4.67. The molecular weight excluding hydrogens is 755 g/mol. The van der Waals surface area contributed by atoms with E-state index in [1.807, 2.05) is 6.07 Å². The first-order valence-electron chi connectivity index (χ1n) is 16.8. The minimum atomic E-state index is 0. The standard InChI is InChI=1S/C27H36N2.C16H10N.Au/c1-18(2)22-11-9-12-23(19(3)4)26(22)28-15-16-29(17-28)27-24(20(5)6)13-10-14-25(27)21(7)8;1-2-6-12-11(5-1)9-10-15-16(12)13-7-3-4-8-14(13)17-15;/h9-16,18-21H,1-8H3;1-10H;/q+2;-1;+1. The maximum Gasteiger partial charge on any atom is 1.00 e. The van der Waals surface area contributed by atoms with Crippen molar-refractivity contribution in [3.8, 4) is 0 Å². The van der Waals surface area contributed by atoms with E-state index >= 15 is 0 Å². The Labute approximate surface area is 295 Å². The van der Waals surface area contributed by atoms with E-state index in [0.29, 0.717) is 23.7 Å². The number of rotatable bonds is 6. The van der Waals surface area contributed by atoms with Crippen LogP contribution in [0.25, 0.3) is 32.6 Å². The normalized spacial score (nSPS) is 12.7. The monoisotopic (exact) mass is 801 g/mol. The van der Waals surface area contributed by atoms with Crippen LogP contribution in [0.4, 0.5) is 11.4 Å². The second-order valence-electron chi connectivity index (χ2n) is 13.6. The number of hydrogen-bond acceptors (Lipinski definition) is 0. The molecular formula is C43H46AuN3+2. The predicted molar refractivity (Wildman–Crippen MR) is 196 cm³/mol. The second kappa shape index (κ2) is 14.4. The molecule has 1 aromatic heterocycles. The quantitative estimate of drug-likeness (QED) is 0.121. The predicted octanol–water partition coefficient (Wildman–Crippen LogP) is 11.9. The summed E-state index contributed by atoms with van der Waals surface area (Å²) in [5.41, 5.74) is 10.2. The average molecular weight is 802 g/mol. The number of hydrogen-bond donors (Lipinski definition) is 0. The Kier molecular flexibility index (Phi) is 10.5. The molecule has 1 aliphatic heterocycles. The molecule has 6 aromatic rings. The molecule has 5 aromatic carbocycles. The van der Waals surface area contributed by atoms with Crippen molar-refractivity contribution in [3.05, 3.63) is 132 Å². The molecule has 1 aliphatic rings. The largest absolute Gasteiger partial charge is 1.00 e. The van der Waals surface area contributed by atoms with Gasteiger partial charge < -0.3 is 4.98 Å². The molecule has 0 radical (unpaired) electrons. The molecule has 0 amide bonds. The van der Waals surface area contributed by atoms with E-state index in [-0.39, 0.29) is 22.4 Å². The van der Waals surface area contributed by atoms with Crippen LogP contribution in [0.3, 0.4) is 0 Å². The van der Waals surface area contributed by atoms with E-state index in [1.54, 1.807) is 0 Å². The number of fused-ring (bicyclic) bond motifs is 5. The molecule has 3 nitrogen and oxygen atoms in total. The molecule has 0 N–H and O–H groups in total. The van der Waals surface area contributed by atoms with Crippen LogP contribution in [0.5, 0.6) is 0 Å². The summed E-state index contributed by atoms with van der Waals surface area (Å²) in [6.07, 6.45) is 4.32. The number of benzene rings is 5. The van der Waals surface area contributed by atoms with Gasteiger partial charge in [-0.3, -0.25) is 0 Å². The molecule has 2 heterocycles. The van der Waals surface area contributed by atoms with E-state index in [9.17, 15) is 0 Å². The second-order valence-corrected chi connectivity index (χ2v) is 13.6. The Hall–Kier alpha value is -3.98. The SMILES string of the molecule is CC(C)c1cccc(C(C)C)c1[N+]1=C=[N+](c2c(C(C)C)cccc2C(C)C)C=C1.[Au+].c1ccc2c(c1)ccc1[n-]c3ccccc3c12. The Morgan fingerprint density at radius 2 is 0.915 bits per heavy atom. The summed E-state index contributed by atoms with van der Waals surface area (Å²) in [5, 5.41) is 5.09. The third-order valence-electron chi connectivity index (χ3n) is 9.07. The van der Waals surface area contributed by atoms with Crippen LogP contribution in [-0.2, 0) is 22.4 Å². The van der Waals surface area contributed by atoms with E-state index in [1.165, 1.54) is 55.2 Å². The fraction of sp³-hybridized carbons (Fsp3) is 0.279. The first kappa shape index (κ1) is 34.4. The van der Waals surface area contributed by atoms with Crippen LogP contribution in [0.1, 0.15) is 101 Å². The Morgan fingerprint density at radius 1 is 0.468 bits per heavy atom. The topological polar surface area (TPSA) is 20.1 Å². The smallest absolute Gasteiger partial charge is 0.657 e. The molecule has 7 rings (SSSR count). The third-order valence-corrected chi connectivity index (χ3v) is 9.07. The van der Waals surface area contributed by atoms with Crippen molar-refractivity contribution in [3.63, 3.8) is 0 Å². The molecule has 0 atom stereocenters. The molecule has 0 bridgehead atoms. The molecule has 47 heavy (non-hydrogen) atoms. The van der Waals surface area contributed by atoms with Gasteiger partial charge in [0.15, 0.2) is 0 Å². The Balaban J connectivity index is 0.000000203. The maximum absolute atomic E-state index is 4.67. The van der Waals surface area contributed by atoms with Crippen LogP contribution in [-0.4, -0.2) is 15.2 Å². The zero-order valence-corrected chi connectivity index (χ0v) is 31.0. The van der Waals surface area contributed by atoms with Crippen LogP contribution < -0.4 is 4.98 Å². The summed E-state index contributed by atoms with van der Waals surface area (Å²) in [4.78, 5) is 4.67. The number of aromatic nitrogens is 1. The van der Waals surface area contributed by atoms with Crippen molar-refractivity contribution in [1.29, 1.82) is 0 Å². The summed E-state index contributed by atoms with van der Waals surface area (Å²) < 4.78 is 4.40. The fourth-order valence-corrected chi connectivity index (χ4v) is 6.69. The van der Waals surface area contributed by atoms with Gasteiger partial charge in [0, 0.05) is 22.3 Å². The Morgan fingerprint density at radius 3 is 1.40 bits per heavy atom. The minimum Gasteiger partial charge on any atom is -0.657 e. The van der Waals surface area contributed by atoms with Gasteiger partial charge in [0.25, 0.3) is 12.4 Å². The van der Waals surface area contributed by atoms with Gasteiger partial charge in [0.2, 0.25) is 11.4 Å². The average Bonchev–Trinajstić information content (AvgIpc) is 3.69. The Bertz CT molecular complexity index is 2020. The number of para-hydroxylation sites is 3. The van der Waals surface area contributed by atoms with Crippen molar-refractivity contribution in [2.45, 2.75) is 79.1 Å². The van der Waals surface area contributed by atoms with Crippen molar-refractivity contribution >= 4 is 50.0 Å². The van der Waals surface area contributed by atoms with E-state index < -0.39 is 0 Å². The van der Waals surface area contributed by atoms with Crippen molar-refractivity contribution in [1.82, 2.24) is 4.98 Å². The van der Waals surface area contributed by atoms with E-state index in [2.05, 4.69) is 179 Å². The van der Waals surface area contributed by atoms with Gasteiger partial charge in [-0.1, -0.05) is 162 Å². The zero-order valence-electron chi connectivity index (χ0n) is 28.8. The summed E-state index contributed by atoms with van der Waals surface area (Å²) >= 11 is 0. The first-order valence-corrected chi connectivity index (χ1v) is 16.8. The molecule has 0 unspecified atom stereocenters. The fourth-order valence-electron chi connectivity index (χ4n) is 6.69. The summed E-state index contributed by atoms with van der Waals surface area (Å²) in [5.74, 6) is 1.84. The molecule has 4 heteroatoms. The van der Waals surface area contributed by atoms with Gasteiger partial charge in [0.1, 0.15) is 0 Å². The van der Waals surface area contributed by atoms with Crippen LogP contribution >= 0.6 is 0 Å². The summed E-state index contributed by atoms with van der Waals surface area (Å²) in [7, 11) is 0. The first-order chi connectivity index (χ1) is 22.2. The molecule has 0 saturated heterocycles. The zero-order chi connectivity index (χ0) is 32.5. The van der Waals surface area contributed by atoms with Crippen LogP contribution in [0.2, 0.25) is 0 Å². The molecule has 0 spiro atoms. The van der Waals surface area contributed by atoms with Gasteiger partial charge in [-0.05, 0) is 45.2 Å². The molecule has 242 valence electrons. The van der Waals surface area contributed by atoms with Gasteiger partial charge in [-0.15, -0.1) is 11.0 Å². The summed E-state index contributed by atoms with van der Waals surface area (Å²) in [6, 6.07) is 38.1. The van der Waals surface area contributed by atoms with E-state index in [0.717, 1.165) is 11.0 Å². The molecule has 0 saturated carbocycles. The van der Waals surface area contributed by atoms with Gasteiger partial charge in [0.05, 0.1) is 0 Å². The summed E-state index contributed by atoms with van der Waals surface area (Å²) in [6.45, 7) is 18.2. The van der Waals surface area contributed by atoms with Crippen molar-refractivity contribution in [2.75, 3.05) is 0 Å². The third kappa shape index (κ3) is 6.73. The van der Waals surface area contributed by atoms with E-state index in [4.69, 9.17) is 0 Å². The van der Waals surface area contributed by atoms with Crippen molar-refractivity contribution in [2.24, 2.45) is 0 Å². The molecule has 0 fully saturated rings. The van der Waals surface area contributed by atoms with Crippen molar-refractivity contribution < 1.29 is 31.5 Å². The molecule has 0 aliphatic carbocycles. The van der Waals surface area contributed by atoms with Crippen LogP contribution in [0, 0.1) is 0 Å². The number of nitrogens with zero attached hydrogens (tertiary/aromatic N) is 3. The van der Waals surface area contributed by atoms with Crippen LogP contribution in [0.15, 0.2) is 109 Å². The van der Waals surface area contributed by atoms with Gasteiger partial charge in [-0.25, -0.2) is 0 Å². The minimum absolute atomic E-state index is 0. The van der Waals surface area contributed by atoms with Gasteiger partial charge in [-0.2, -0.15) is 0 Å².